The summed E-state index contributed by atoms with van der Waals surface area (Å²) in [4.78, 5) is 12.8. The second kappa shape index (κ2) is 12.2. The molecule has 0 heterocycles. The summed E-state index contributed by atoms with van der Waals surface area (Å²) in [6, 6.07) is 19.2. The van der Waals surface area contributed by atoms with Crippen LogP contribution in [0.4, 0.5) is 10.1 Å². The second-order valence-corrected chi connectivity index (χ2v) is 7.75. The Morgan fingerprint density at radius 2 is 1.86 bits per heavy atom. The first kappa shape index (κ1) is 25.3. The smallest absolute Gasteiger partial charge is 0.266 e. The van der Waals surface area contributed by atoms with Gasteiger partial charge >= 0.3 is 0 Å². The maximum absolute atomic E-state index is 14.1. The van der Waals surface area contributed by atoms with Gasteiger partial charge in [0.05, 0.1) is 6.61 Å². The van der Waals surface area contributed by atoms with Crippen molar-refractivity contribution in [2.45, 2.75) is 26.9 Å². The number of hydrogen-bond acceptors (Lipinski definition) is 4. The first-order chi connectivity index (χ1) is 17.0. The van der Waals surface area contributed by atoms with Crippen LogP contribution in [0, 0.1) is 24.1 Å². The number of nitriles is 1. The van der Waals surface area contributed by atoms with Crippen LogP contribution in [0.15, 0.2) is 78.9 Å². The number of aryl methyl sites for hydroxylation is 1. The Kier molecular flexibility index (Phi) is 8.80. The number of halogens is 1. The van der Waals surface area contributed by atoms with Gasteiger partial charge in [0.2, 0.25) is 0 Å². The molecule has 0 unspecified atom stereocenters. The molecule has 0 aromatic heterocycles. The summed E-state index contributed by atoms with van der Waals surface area (Å²) in [6.07, 6.45) is 3.67. The van der Waals surface area contributed by atoms with Crippen molar-refractivity contribution in [2.24, 2.45) is 0 Å². The van der Waals surface area contributed by atoms with Crippen molar-refractivity contribution in [1.82, 2.24) is 0 Å². The number of nitrogens with one attached hydrogen (secondary N) is 1. The van der Waals surface area contributed by atoms with E-state index in [1.807, 2.05) is 38.1 Å². The molecule has 0 saturated heterocycles. The van der Waals surface area contributed by atoms with Crippen molar-refractivity contribution >= 4 is 17.7 Å². The van der Waals surface area contributed by atoms with E-state index in [0.29, 0.717) is 41.3 Å². The molecule has 178 valence electrons. The Balaban J connectivity index is 1.95. The van der Waals surface area contributed by atoms with Crippen LogP contribution in [0.3, 0.4) is 0 Å². The summed E-state index contributed by atoms with van der Waals surface area (Å²) >= 11 is 0. The lowest BCUT2D eigenvalue weighted by atomic mass is 10.0. The molecule has 5 nitrogen and oxygen atoms in total. The molecule has 3 aromatic rings. The third-order valence-corrected chi connectivity index (χ3v) is 5.22. The van der Waals surface area contributed by atoms with E-state index < -0.39 is 5.91 Å². The lowest BCUT2D eigenvalue weighted by Gasteiger charge is -2.17. The van der Waals surface area contributed by atoms with Gasteiger partial charge in [-0.25, -0.2) is 4.39 Å². The summed E-state index contributed by atoms with van der Waals surface area (Å²) < 4.78 is 25.9. The second-order valence-electron chi connectivity index (χ2n) is 7.75. The third-order valence-electron chi connectivity index (χ3n) is 5.22. The van der Waals surface area contributed by atoms with Crippen molar-refractivity contribution in [2.75, 3.05) is 11.9 Å². The minimum absolute atomic E-state index is 0.0222. The van der Waals surface area contributed by atoms with Crippen LogP contribution in [-0.4, -0.2) is 12.5 Å². The van der Waals surface area contributed by atoms with E-state index >= 15 is 0 Å². The molecule has 0 spiro atoms. The van der Waals surface area contributed by atoms with Gasteiger partial charge in [0.25, 0.3) is 5.91 Å². The summed E-state index contributed by atoms with van der Waals surface area (Å²) in [5.41, 5.74) is 3.23. The fourth-order valence-electron chi connectivity index (χ4n) is 3.48. The molecular formula is C29H27FN2O3. The Morgan fingerprint density at radius 1 is 1.11 bits per heavy atom. The van der Waals surface area contributed by atoms with Crippen molar-refractivity contribution < 1.29 is 18.7 Å². The Labute approximate surface area is 205 Å². The molecular weight excluding hydrogens is 443 g/mol. The summed E-state index contributed by atoms with van der Waals surface area (Å²) in [7, 11) is 0. The zero-order chi connectivity index (χ0) is 25.2. The van der Waals surface area contributed by atoms with Crippen LogP contribution in [0.25, 0.3) is 6.08 Å². The molecule has 0 aliphatic heterocycles. The zero-order valence-electron chi connectivity index (χ0n) is 19.8. The number of benzene rings is 3. The molecule has 1 N–H and O–H groups in total. The number of allylic oxidation sites excluding steroid dienone is 1. The van der Waals surface area contributed by atoms with Gasteiger partial charge in [-0.3, -0.25) is 4.79 Å². The average Bonchev–Trinajstić information content (AvgIpc) is 2.84. The maximum atomic E-state index is 14.1. The molecule has 0 fully saturated rings. The van der Waals surface area contributed by atoms with Crippen LogP contribution in [0.1, 0.15) is 29.2 Å². The molecule has 0 atom stereocenters. The highest BCUT2D eigenvalue weighted by atomic mass is 19.1. The van der Waals surface area contributed by atoms with Gasteiger partial charge in [0.1, 0.15) is 24.1 Å². The summed E-state index contributed by atoms with van der Waals surface area (Å²) in [6.45, 7) is 7.92. The van der Waals surface area contributed by atoms with E-state index in [0.717, 1.165) is 11.1 Å². The van der Waals surface area contributed by atoms with Gasteiger partial charge in [0.15, 0.2) is 11.5 Å². The summed E-state index contributed by atoms with van der Waals surface area (Å²) in [5, 5.41) is 12.4. The number of hydrogen-bond donors (Lipinski definition) is 1. The first-order valence-corrected chi connectivity index (χ1v) is 11.2. The van der Waals surface area contributed by atoms with Crippen LogP contribution in [0.2, 0.25) is 0 Å². The van der Waals surface area contributed by atoms with Gasteiger partial charge in [-0.05, 0) is 61.7 Å². The number of anilines is 1. The molecule has 1 amide bonds. The number of rotatable bonds is 10. The SMILES string of the molecule is C=CCc1cc(/C=C(\C#N)C(=O)Nc2ccccc2C)cc(OCC)c1OCc1ccccc1F. The highest BCUT2D eigenvalue weighted by Crippen LogP contribution is 2.35. The van der Waals surface area contributed by atoms with Gasteiger partial charge < -0.3 is 14.8 Å². The molecule has 0 bridgehead atoms. The number of para-hydroxylation sites is 1. The number of carbonyl (C=O) groups excluding carboxylic acids is 1. The molecule has 3 aromatic carbocycles. The highest BCUT2D eigenvalue weighted by molar-refractivity contribution is 6.10. The molecule has 3 rings (SSSR count). The largest absolute Gasteiger partial charge is 0.490 e. The Bertz CT molecular complexity index is 1290. The van der Waals surface area contributed by atoms with Crippen LogP contribution in [-0.2, 0) is 17.8 Å². The monoisotopic (exact) mass is 470 g/mol. The fraction of sp³-hybridized carbons (Fsp3) is 0.172. The van der Waals surface area contributed by atoms with Gasteiger partial charge in [-0.1, -0.05) is 42.5 Å². The lowest BCUT2D eigenvalue weighted by molar-refractivity contribution is -0.112. The number of nitrogens with zero attached hydrogens (tertiary/aromatic N) is 1. The number of carbonyl (C=O) groups is 1. The Hall–Kier alpha value is -4.37. The van der Waals surface area contributed by atoms with Gasteiger partial charge in [0, 0.05) is 16.8 Å². The van der Waals surface area contributed by atoms with Crippen molar-refractivity contribution in [3.8, 4) is 17.6 Å². The standard InChI is InChI=1S/C29H27FN2O3/c1-4-10-22-15-21(16-24(18-31)29(33)32-26-14-9-6-11-20(26)3)17-27(34-5-2)28(22)35-19-23-12-7-8-13-25(23)30/h4,6-9,11-17H,1,5,10,19H2,2-3H3,(H,32,33)/b24-16+. The van der Waals surface area contributed by atoms with Crippen molar-refractivity contribution in [1.29, 1.82) is 5.26 Å². The lowest BCUT2D eigenvalue weighted by Crippen LogP contribution is -2.14. The van der Waals surface area contributed by atoms with Crippen molar-refractivity contribution in [3.05, 3.63) is 107 Å². The van der Waals surface area contributed by atoms with E-state index in [4.69, 9.17) is 9.47 Å². The number of amides is 1. The fourth-order valence-corrected chi connectivity index (χ4v) is 3.48. The van der Waals surface area contributed by atoms with E-state index in [1.54, 1.807) is 42.5 Å². The Morgan fingerprint density at radius 3 is 2.54 bits per heavy atom. The van der Waals surface area contributed by atoms with E-state index in [1.165, 1.54) is 12.1 Å². The topological polar surface area (TPSA) is 71.4 Å². The number of ether oxygens (including phenoxy) is 2. The first-order valence-electron chi connectivity index (χ1n) is 11.2. The van der Waals surface area contributed by atoms with Crippen molar-refractivity contribution in [3.63, 3.8) is 0 Å². The van der Waals surface area contributed by atoms with E-state index in [2.05, 4.69) is 11.9 Å². The summed E-state index contributed by atoms with van der Waals surface area (Å²) in [5.74, 6) is 0.0413. The molecule has 0 saturated carbocycles. The molecule has 0 radical (unpaired) electrons. The van der Waals surface area contributed by atoms with Gasteiger partial charge in [-0.2, -0.15) is 5.26 Å². The third kappa shape index (κ3) is 6.58. The van der Waals surface area contributed by atoms with E-state index in [9.17, 15) is 14.4 Å². The van der Waals surface area contributed by atoms with Crippen LogP contribution in [0.5, 0.6) is 11.5 Å². The van der Waals surface area contributed by atoms with Crippen LogP contribution >= 0.6 is 0 Å². The molecule has 35 heavy (non-hydrogen) atoms. The quantitative estimate of drug-likeness (QED) is 0.212. The maximum Gasteiger partial charge on any atom is 0.266 e. The van der Waals surface area contributed by atoms with Crippen LogP contribution < -0.4 is 14.8 Å². The molecule has 0 aliphatic rings. The molecule has 6 heteroatoms. The van der Waals surface area contributed by atoms with Gasteiger partial charge in [-0.15, -0.1) is 6.58 Å². The van der Waals surface area contributed by atoms with E-state index in [-0.39, 0.29) is 18.0 Å². The minimum Gasteiger partial charge on any atom is -0.490 e. The predicted octanol–water partition coefficient (Wildman–Crippen LogP) is 6.39. The minimum atomic E-state index is -0.509. The predicted molar refractivity (Wildman–Crippen MR) is 136 cm³/mol. The molecule has 0 aliphatic carbocycles. The normalized spacial score (nSPS) is 10.9. The zero-order valence-corrected chi connectivity index (χ0v) is 19.8. The average molecular weight is 471 g/mol. The highest BCUT2D eigenvalue weighted by Gasteiger charge is 2.16.